The molecule has 0 unspecified atom stereocenters. The zero-order chi connectivity index (χ0) is 17.6. The summed E-state index contributed by atoms with van der Waals surface area (Å²) in [7, 11) is 0. The Balaban J connectivity index is 1.99. The lowest BCUT2D eigenvalue weighted by atomic mass is 9.96. The number of rotatable bonds is 3. The van der Waals surface area contributed by atoms with E-state index in [0.29, 0.717) is 22.0 Å². The number of benzene rings is 1. The van der Waals surface area contributed by atoms with Crippen molar-refractivity contribution >= 4 is 28.5 Å². The van der Waals surface area contributed by atoms with Gasteiger partial charge in [0.15, 0.2) is 5.92 Å². The molecule has 8 heteroatoms. The van der Waals surface area contributed by atoms with Gasteiger partial charge < -0.3 is 14.5 Å². The standard InChI is InChI=1S/C16H16N2O6/c1-8-12(18(21)22)5-4-11-13(8)9(7-17-11)6-10-14(19)23-16(2,3)24-15(10)20/h4-5,7,10,17H,6H2,1-3H3. The van der Waals surface area contributed by atoms with E-state index in [0.717, 1.165) is 0 Å². The van der Waals surface area contributed by atoms with Gasteiger partial charge >= 0.3 is 11.9 Å². The van der Waals surface area contributed by atoms with Gasteiger partial charge in [0.05, 0.1) is 4.92 Å². The molecule has 2 aromatic rings. The average Bonchev–Trinajstić information content (AvgIpc) is 2.85. The Hall–Kier alpha value is -2.90. The Labute approximate surface area is 136 Å². The highest BCUT2D eigenvalue weighted by Gasteiger charge is 2.43. The van der Waals surface area contributed by atoms with Gasteiger partial charge in [-0.25, -0.2) is 0 Å². The lowest BCUT2D eigenvalue weighted by Crippen LogP contribution is -2.46. The quantitative estimate of drug-likeness (QED) is 0.400. The van der Waals surface area contributed by atoms with E-state index in [1.165, 1.54) is 19.9 Å². The van der Waals surface area contributed by atoms with Crippen LogP contribution in [0.5, 0.6) is 0 Å². The fraction of sp³-hybridized carbons (Fsp3) is 0.375. The van der Waals surface area contributed by atoms with Crippen LogP contribution in [0.25, 0.3) is 10.9 Å². The van der Waals surface area contributed by atoms with Gasteiger partial charge in [-0.3, -0.25) is 19.7 Å². The van der Waals surface area contributed by atoms with E-state index in [2.05, 4.69) is 4.98 Å². The first-order valence-corrected chi connectivity index (χ1v) is 7.39. The second kappa shape index (κ2) is 5.33. The number of hydrogen-bond donors (Lipinski definition) is 1. The van der Waals surface area contributed by atoms with Crippen LogP contribution in [0.15, 0.2) is 18.3 Å². The van der Waals surface area contributed by atoms with Gasteiger partial charge in [-0.15, -0.1) is 0 Å². The highest BCUT2D eigenvalue weighted by molar-refractivity contribution is 5.98. The van der Waals surface area contributed by atoms with Crippen LogP contribution in [-0.2, 0) is 25.5 Å². The second-order valence-corrected chi connectivity index (χ2v) is 6.20. The smallest absolute Gasteiger partial charge is 0.323 e. The summed E-state index contributed by atoms with van der Waals surface area (Å²) in [6.07, 6.45) is 1.69. The number of aromatic amines is 1. The Morgan fingerprint density at radius 1 is 1.25 bits per heavy atom. The number of nitrogens with one attached hydrogen (secondary N) is 1. The number of nitrogens with zero attached hydrogens (tertiary/aromatic N) is 1. The van der Waals surface area contributed by atoms with Crippen molar-refractivity contribution in [3.05, 3.63) is 39.6 Å². The minimum atomic E-state index is -1.28. The van der Waals surface area contributed by atoms with E-state index >= 15 is 0 Å². The summed E-state index contributed by atoms with van der Waals surface area (Å²) in [4.78, 5) is 37.9. The van der Waals surface area contributed by atoms with Crippen molar-refractivity contribution in [2.24, 2.45) is 5.92 Å². The van der Waals surface area contributed by atoms with Crippen LogP contribution < -0.4 is 0 Å². The van der Waals surface area contributed by atoms with Crippen molar-refractivity contribution in [2.45, 2.75) is 33.0 Å². The van der Waals surface area contributed by atoms with E-state index in [-0.39, 0.29) is 12.1 Å². The van der Waals surface area contributed by atoms with Crippen LogP contribution in [-0.4, -0.2) is 27.6 Å². The van der Waals surface area contributed by atoms with Crippen LogP contribution in [0, 0.1) is 23.0 Å². The molecule has 0 bridgehead atoms. The van der Waals surface area contributed by atoms with Crippen LogP contribution in [0.1, 0.15) is 25.0 Å². The monoisotopic (exact) mass is 332 g/mol. The van der Waals surface area contributed by atoms with Gasteiger partial charge in [-0.1, -0.05) is 0 Å². The summed E-state index contributed by atoms with van der Waals surface area (Å²) in [5, 5.41) is 11.7. The number of carbonyl (C=O) groups is 2. The van der Waals surface area contributed by atoms with E-state index < -0.39 is 28.6 Å². The first kappa shape index (κ1) is 16.0. The molecule has 8 nitrogen and oxygen atoms in total. The lowest BCUT2D eigenvalue weighted by molar-refractivity contribution is -0.385. The predicted molar refractivity (Wildman–Crippen MR) is 83.1 cm³/mol. The molecule has 1 aliphatic heterocycles. The zero-order valence-corrected chi connectivity index (χ0v) is 13.4. The SMILES string of the molecule is Cc1c([N+](=O)[O-])ccc2[nH]cc(CC3C(=O)OC(C)(C)OC3=O)c12. The van der Waals surface area contributed by atoms with Crippen molar-refractivity contribution in [2.75, 3.05) is 0 Å². The normalized spacial score (nSPS) is 17.6. The highest BCUT2D eigenvalue weighted by atomic mass is 16.7. The van der Waals surface area contributed by atoms with Crippen molar-refractivity contribution in [3.8, 4) is 0 Å². The van der Waals surface area contributed by atoms with Crippen molar-refractivity contribution in [1.82, 2.24) is 4.98 Å². The molecule has 0 spiro atoms. The number of H-pyrrole nitrogens is 1. The third-order valence-electron chi connectivity index (χ3n) is 4.04. The van der Waals surface area contributed by atoms with E-state index in [1.807, 2.05) is 0 Å². The number of aryl methyl sites for hydroxylation is 1. The maximum atomic E-state index is 12.1. The number of cyclic esters (lactones) is 2. The largest absolute Gasteiger partial charge is 0.422 e. The van der Waals surface area contributed by atoms with E-state index in [9.17, 15) is 19.7 Å². The molecule has 0 saturated carbocycles. The Morgan fingerprint density at radius 2 is 1.88 bits per heavy atom. The van der Waals surface area contributed by atoms with Gasteiger partial charge in [-0.2, -0.15) is 0 Å². The van der Waals surface area contributed by atoms with Crippen molar-refractivity contribution in [1.29, 1.82) is 0 Å². The molecule has 3 rings (SSSR count). The Kier molecular flexibility index (Phi) is 3.55. The molecule has 0 aliphatic carbocycles. The minimum Gasteiger partial charge on any atom is -0.422 e. The van der Waals surface area contributed by atoms with Crippen molar-refractivity contribution in [3.63, 3.8) is 0 Å². The first-order chi connectivity index (χ1) is 11.2. The summed E-state index contributed by atoms with van der Waals surface area (Å²) < 4.78 is 10.2. The van der Waals surface area contributed by atoms with E-state index in [1.54, 1.807) is 19.2 Å². The fourth-order valence-electron chi connectivity index (χ4n) is 2.96. The van der Waals surface area contributed by atoms with Gasteiger partial charge in [0, 0.05) is 42.6 Å². The van der Waals surface area contributed by atoms with Crippen LogP contribution in [0.3, 0.4) is 0 Å². The molecular formula is C16H16N2O6. The third kappa shape index (κ3) is 2.60. The maximum Gasteiger partial charge on any atom is 0.323 e. The molecule has 126 valence electrons. The van der Waals surface area contributed by atoms with E-state index in [4.69, 9.17) is 9.47 Å². The molecule has 1 aromatic carbocycles. The summed E-state index contributed by atoms with van der Waals surface area (Å²) in [5.74, 6) is -3.68. The van der Waals surface area contributed by atoms with Gasteiger partial charge in [-0.05, 0) is 25.0 Å². The molecule has 1 N–H and O–H groups in total. The number of esters is 2. The summed E-state index contributed by atoms with van der Waals surface area (Å²) in [6.45, 7) is 4.61. The molecule has 2 heterocycles. The maximum absolute atomic E-state index is 12.1. The first-order valence-electron chi connectivity index (χ1n) is 7.39. The Bertz CT molecular complexity index is 847. The summed E-state index contributed by atoms with van der Waals surface area (Å²) in [5.41, 5.74) is 1.79. The second-order valence-electron chi connectivity index (χ2n) is 6.20. The average molecular weight is 332 g/mol. The molecule has 0 amide bonds. The molecule has 1 fully saturated rings. The lowest BCUT2D eigenvalue weighted by Gasteiger charge is -2.32. The summed E-state index contributed by atoms with van der Waals surface area (Å²) in [6, 6.07) is 3.02. The summed E-state index contributed by atoms with van der Waals surface area (Å²) >= 11 is 0. The van der Waals surface area contributed by atoms with Gasteiger partial charge in [0.2, 0.25) is 0 Å². The third-order valence-corrected chi connectivity index (χ3v) is 4.04. The molecule has 0 atom stereocenters. The number of fused-ring (bicyclic) bond motifs is 1. The molecule has 1 saturated heterocycles. The minimum absolute atomic E-state index is 0.0155. The number of nitro groups is 1. The van der Waals surface area contributed by atoms with Gasteiger partial charge in [0.25, 0.3) is 11.5 Å². The fourth-order valence-corrected chi connectivity index (χ4v) is 2.96. The van der Waals surface area contributed by atoms with Crippen LogP contribution in [0.4, 0.5) is 5.69 Å². The number of carbonyl (C=O) groups excluding carboxylic acids is 2. The van der Waals surface area contributed by atoms with Crippen molar-refractivity contribution < 1.29 is 24.0 Å². The van der Waals surface area contributed by atoms with Crippen LogP contribution in [0.2, 0.25) is 0 Å². The number of nitro benzene ring substituents is 1. The molecule has 1 aromatic heterocycles. The molecule has 24 heavy (non-hydrogen) atoms. The highest BCUT2D eigenvalue weighted by Crippen LogP contribution is 2.32. The van der Waals surface area contributed by atoms with Crippen LogP contribution >= 0.6 is 0 Å². The number of aromatic nitrogens is 1. The number of ether oxygens (including phenoxy) is 2. The Morgan fingerprint density at radius 3 is 2.46 bits per heavy atom. The predicted octanol–water partition coefficient (Wildman–Crippen LogP) is 2.38. The molecule has 0 radical (unpaired) electrons. The topological polar surface area (TPSA) is 112 Å². The molecule has 1 aliphatic rings. The zero-order valence-electron chi connectivity index (χ0n) is 13.4. The molecular weight excluding hydrogens is 316 g/mol. The number of hydrogen-bond acceptors (Lipinski definition) is 6. The van der Waals surface area contributed by atoms with Gasteiger partial charge in [0.1, 0.15) is 0 Å².